The molecule has 0 spiro atoms. The summed E-state index contributed by atoms with van der Waals surface area (Å²) in [6.07, 6.45) is -0.499. The van der Waals surface area contributed by atoms with Crippen molar-refractivity contribution in [3.05, 3.63) is 59.7 Å². The van der Waals surface area contributed by atoms with E-state index < -0.39 is 40.8 Å². The molecule has 0 saturated carbocycles. The van der Waals surface area contributed by atoms with Gasteiger partial charge >= 0.3 is 0 Å². The van der Waals surface area contributed by atoms with E-state index in [1.807, 2.05) is 0 Å². The maximum atomic E-state index is 13.2. The number of aryl methyl sites for hydroxylation is 1. The van der Waals surface area contributed by atoms with Gasteiger partial charge in [0.05, 0.1) is 4.99 Å². The van der Waals surface area contributed by atoms with Crippen molar-refractivity contribution in [2.45, 2.75) is 24.3 Å². The van der Waals surface area contributed by atoms with E-state index in [1.165, 1.54) is 12.1 Å². The minimum atomic E-state index is -5.57. The predicted molar refractivity (Wildman–Crippen MR) is 86.9 cm³/mol. The van der Waals surface area contributed by atoms with Crippen LogP contribution in [0.5, 0.6) is 11.5 Å². The highest BCUT2D eigenvalue weighted by Crippen LogP contribution is 2.38. The number of hydrogen-bond donors (Lipinski definition) is 0. The lowest BCUT2D eigenvalue weighted by atomic mass is 10.1. The number of ether oxygens (including phenoxy) is 1. The maximum Gasteiger partial charge on any atom is 0.162 e. The summed E-state index contributed by atoms with van der Waals surface area (Å²) in [5.74, 6) is -1.76. The second-order valence-electron chi connectivity index (χ2n) is 5.70. The summed E-state index contributed by atoms with van der Waals surface area (Å²) in [4.78, 5) is 19.4. The van der Waals surface area contributed by atoms with Gasteiger partial charge in [-0.25, -0.2) is 17.2 Å². The zero-order valence-electron chi connectivity index (χ0n) is 13.7. The molecule has 2 rings (SSSR count). The van der Waals surface area contributed by atoms with Crippen molar-refractivity contribution in [1.29, 1.82) is 0 Å². The lowest BCUT2D eigenvalue weighted by molar-refractivity contribution is -0.314. The monoisotopic (exact) mass is 419 g/mol. The molecule has 27 heavy (non-hydrogen) atoms. The molecule has 0 saturated heterocycles. The maximum absolute atomic E-state index is 13.2. The van der Waals surface area contributed by atoms with E-state index in [-0.39, 0.29) is 24.3 Å². The Balaban J connectivity index is 2.03. The summed E-state index contributed by atoms with van der Waals surface area (Å²) in [5, 5.41) is 0. The summed E-state index contributed by atoms with van der Waals surface area (Å²) >= 11 is 0. The van der Waals surface area contributed by atoms with Gasteiger partial charge in [-0.3, -0.25) is 0 Å². The molecule has 0 aliphatic carbocycles. The molecule has 0 heterocycles. The Hall–Kier alpha value is -1.84. The van der Waals surface area contributed by atoms with Crippen LogP contribution in [0.15, 0.2) is 42.5 Å². The van der Waals surface area contributed by atoms with Crippen LogP contribution in [0.3, 0.4) is 0 Å². The van der Waals surface area contributed by atoms with Crippen molar-refractivity contribution in [2.24, 2.45) is 0 Å². The van der Waals surface area contributed by atoms with Gasteiger partial charge in [-0.15, -0.1) is 0 Å². The Labute approximate surface area is 154 Å². The second-order valence-corrected chi connectivity index (χ2v) is 9.31. The van der Waals surface area contributed by atoms with E-state index in [0.717, 1.165) is 12.1 Å². The van der Waals surface area contributed by atoms with Gasteiger partial charge in [0.1, 0.15) is 21.6 Å². The molecule has 0 bridgehead atoms. The predicted octanol–water partition coefficient (Wildman–Crippen LogP) is 1.86. The van der Waals surface area contributed by atoms with Gasteiger partial charge in [-0.1, -0.05) is 19.7 Å². The molecule has 0 radical (unpaired) electrons. The van der Waals surface area contributed by atoms with Crippen LogP contribution in [-0.2, 0) is 21.1 Å². The minimum Gasteiger partial charge on any atom is -0.810 e. The smallest absolute Gasteiger partial charge is 0.162 e. The van der Waals surface area contributed by atoms with Gasteiger partial charge in [0.25, 0.3) is 0 Å². The molecule has 7 nitrogen and oxygen atoms in total. The van der Waals surface area contributed by atoms with E-state index in [0.29, 0.717) is 5.56 Å². The number of benzene rings is 2. The van der Waals surface area contributed by atoms with Gasteiger partial charge in [0, 0.05) is 6.07 Å². The van der Waals surface area contributed by atoms with Gasteiger partial charge in [-0.05, 0) is 49.1 Å². The second kappa shape index (κ2) is 8.45. The first-order chi connectivity index (χ1) is 12.5. The highest BCUT2D eigenvalue weighted by Gasteiger charge is 2.20. The van der Waals surface area contributed by atoms with Crippen molar-refractivity contribution in [2.75, 3.05) is 0 Å². The van der Waals surface area contributed by atoms with E-state index >= 15 is 0 Å². The van der Waals surface area contributed by atoms with Crippen LogP contribution in [0.2, 0.25) is 0 Å². The van der Waals surface area contributed by atoms with Crippen LogP contribution >= 0.6 is 7.60 Å². The first-order valence-electron chi connectivity index (χ1n) is 7.65. The average molecular weight is 419 g/mol. The van der Waals surface area contributed by atoms with Gasteiger partial charge in [0.15, 0.2) is 11.6 Å². The Kier molecular flexibility index (Phi) is 6.72. The molecule has 1 atom stereocenters. The molecule has 0 N–H and O–H groups in total. The number of halogens is 2. The fourth-order valence-corrected chi connectivity index (χ4v) is 4.60. The highest BCUT2D eigenvalue weighted by atomic mass is 32.2. The summed E-state index contributed by atoms with van der Waals surface area (Å²) in [7, 11) is -10.8. The molecule has 148 valence electrons. The quantitative estimate of drug-likeness (QED) is 0.472. The van der Waals surface area contributed by atoms with Crippen molar-refractivity contribution in [3.63, 3.8) is 0 Å². The Bertz CT molecular complexity index is 959. The zero-order valence-corrected chi connectivity index (χ0v) is 15.4. The fraction of sp³-hybridized carbons (Fsp3) is 0.250. The van der Waals surface area contributed by atoms with Crippen LogP contribution in [-0.4, -0.2) is 18.0 Å². The Morgan fingerprint density at radius 3 is 2.30 bits per heavy atom. The van der Waals surface area contributed by atoms with E-state index in [4.69, 9.17) is 4.74 Å². The third-order valence-corrected chi connectivity index (χ3v) is 7.04. The molecular formula is C16H14F2O7PS-3. The van der Waals surface area contributed by atoms with Crippen LogP contribution in [0.1, 0.15) is 18.4 Å². The molecule has 0 aliphatic rings. The molecule has 2 aromatic rings. The van der Waals surface area contributed by atoms with Crippen LogP contribution in [0, 0.1) is 11.6 Å². The SMILES string of the molecule is O=P([O-])([O-])C(CCCc1cccc(Oc2ccc(F)c(F)c2)c1)S(=O)(=O)[O-]. The van der Waals surface area contributed by atoms with Gasteiger partial charge < -0.3 is 23.6 Å². The molecular weight excluding hydrogens is 405 g/mol. The lowest BCUT2D eigenvalue weighted by Gasteiger charge is -2.39. The van der Waals surface area contributed by atoms with Crippen molar-refractivity contribution in [3.8, 4) is 11.5 Å². The third-order valence-electron chi connectivity index (χ3n) is 3.63. The zero-order chi connectivity index (χ0) is 20.2. The molecule has 0 amide bonds. The molecule has 11 heteroatoms. The normalized spacial score (nSPS) is 13.4. The molecule has 1 unspecified atom stereocenters. The third kappa shape index (κ3) is 6.37. The largest absolute Gasteiger partial charge is 0.810 e. The summed E-state index contributed by atoms with van der Waals surface area (Å²) in [5.41, 5.74) is 0.601. The minimum absolute atomic E-state index is 0.0464. The first-order valence-corrected chi connectivity index (χ1v) is 10.7. The first kappa shape index (κ1) is 21.5. The number of hydrogen-bond acceptors (Lipinski definition) is 7. The van der Waals surface area contributed by atoms with Crippen molar-refractivity contribution in [1.82, 2.24) is 0 Å². The van der Waals surface area contributed by atoms with Gasteiger partial charge in [-0.2, -0.15) is 0 Å². The van der Waals surface area contributed by atoms with Crippen LogP contribution < -0.4 is 14.5 Å². The topological polar surface area (TPSA) is 130 Å². The average Bonchev–Trinajstić information content (AvgIpc) is 2.53. The fourth-order valence-electron chi connectivity index (χ4n) is 2.38. The lowest BCUT2D eigenvalue weighted by Crippen LogP contribution is -2.32. The summed E-state index contributed by atoms with van der Waals surface area (Å²) < 4.78 is 75.2. The molecule has 0 aliphatic heterocycles. The summed E-state index contributed by atoms with van der Waals surface area (Å²) in [6.45, 7) is 0. The summed E-state index contributed by atoms with van der Waals surface area (Å²) in [6, 6.07) is 9.28. The Morgan fingerprint density at radius 1 is 1.04 bits per heavy atom. The molecule has 0 aromatic heterocycles. The highest BCUT2D eigenvalue weighted by molar-refractivity contribution is 7.93. The van der Waals surface area contributed by atoms with E-state index in [2.05, 4.69) is 0 Å². The van der Waals surface area contributed by atoms with Crippen LogP contribution in [0.4, 0.5) is 8.78 Å². The van der Waals surface area contributed by atoms with Gasteiger partial charge in [0.2, 0.25) is 0 Å². The molecule has 2 aromatic carbocycles. The van der Waals surface area contributed by atoms with Crippen LogP contribution in [0.25, 0.3) is 0 Å². The van der Waals surface area contributed by atoms with E-state index in [9.17, 15) is 36.1 Å². The van der Waals surface area contributed by atoms with Crippen molar-refractivity contribution < 1.29 is 40.8 Å². The van der Waals surface area contributed by atoms with Crippen molar-refractivity contribution >= 4 is 17.7 Å². The number of rotatable bonds is 8. The van der Waals surface area contributed by atoms with E-state index in [1.54, 1.807) is 18.2 Å². The Morgan fingerprint density at radius 2 is 1.70 bits per heavy atom. The molecule has 0 fully saturated rings. The standard InChI is InChI=1S/C16H17F2O7PS/c17-14-8-7-13(10-15(14)18)25-12-5-1-3-11(9-12)4-2-6-16(26(19,20)21)27(22,23)24/h1,3,5,7-10,16H,2,4,6H2,(H2,19,20,21)(H,22,23,24)/p-3.